The molecular weight excluding hydrogens is 474 g/mol. The molecule has 3 aromatic carbocycles. The Labute approximate surface area is 222 Å². The Bertz CT molecular complexity index is 1560. The molecule has 0 spiro atoms. The lowest BCUT2D eigenvalue weighted by Gasteiger charge is -2.23. The highest BCUT2D eigenvalue weighted by Crippen LogP contribution is 2.34. The molecule has 0 saturated heterocycles. The average Bonchev–Trinajstić information content (AvgIpc) is 3.41. The van der Waals surface area contributed by atoms with Crippen LogP contribution in [0.2, 0.25) is 0 Å². The first kappa shape index (κ1) is 25.1. The van der Waals surface area contributed by atoms with Gasteiger partial charge in [-0.2, -0.15) is 0 Å². The van der Waals surface area contributed by atoms with Crippen LogP contribution in [0.3, 0.4) is 0 Å². The quantitative estimate of drug-likeness (QED) is 0.300. The highest BCUT2D eigenvalue weighted by atomic mass is 16.1. The molecule has 2 aromatic heterocycles. The normalized spacial score (nSPS) is 11.3. The first-order valence-electron chi connectivity index (χ1n) is 13.0. The van der Waals surface area contributed by atoms with Gasteiger partial charge in [-0.3, -0.25) is 19.8 Å². The Balaban J connectivity index is 1.77. The van der Waals surface area contributed by atoms with Crippen LogP contribution in [0.15, 0.2) is 94.5 Å². The Morgan fingerprint density at radius 1 is 0.684 bits per heavy atom. The van der Waals surface area contributed by atoms with Crippen LogP contribution in [-0.4, -0.2) is 32.7 Å². The molecule has 0 amide bonds. The maximum atomic E-state index is 14.0. The number of rotatable bonds is 8. The summed E-state index contributed by atoms with van der Waals surface area (Å²) in [5, 5.41) is 6.52. The summed E-state index contributed by atoms with van der Waals surface area (Å²) in [5.41, 5.74) is 5.68. The van der Waals surface area contributed by atoms with Gasteiger partial charge in [-0.15, -0.1) is 0 Å². The monoisotopic (exact) mass is 507 g/mol. The molecule has 7 nitrogen and oxygen atoms in total. The van der Waals surface area contributed by atoms with E-state index in [9.17, 15) is 9.59 Å². The molecule has 2 N–H and O–H groups in total. The Morgan fingerprint density at radius 2 is 1.16 bits per heavy atom. The number of aryl methyl sites for hydroxylation is 2. The molecule has 0 atom stereocenters. The molecule has 38 heavy (non-hydrogen) atoms. The van der Waals surface area contributed by atoms with Gasteiger partial charge in [0.2, 0.25) is 0 Å². The summed E-state index contributed by atoms with van der Waals surface area (Å²) in [6.45, 7) is 9.76. The molecule has 0 bridgehead atoms. The number of aromatic nitrogens is 4. The van der Waals surface area contributed by atoms with Crippen molar-refractivity contribution >= 4 is 5.69 Å². The van der Waals surface area contributed by atoms with Gasteiger partial charge in [0, 0.05) is 36.1 Å². The van der Waals surface area contributed by atoms with Gasteiger partial charge in [0.15, 0.2) is 0 Å². The summed E-state index contributed by atoms with van der Waals surface area (Å²) in [4.78, 5) is 30.3. The molecule has 7 heteroatoms. The van der Waals surface area contributed by atoms with Crippen molar-refractivity contribution in [1.29, 1.82) is 0 Å². The average molecular weight is 508 g/mol. The van der Waals surface area contributed by atoms with E-state index in [-0.39, 0.29) is 11.1 Å². The maximum absolute atomic E-state index is 14.0. The van der Waals surface area contributed by atoms with E-state index in [4.69, 9.17) is 0 Å². The van der Waals surface area contributed by atoms with Crippen LogP contribution < -0.4 is 16.0 Å². The molecule has 0 aliphatic rings. The van der Waals surface area contributed by atoms with Crippen LogP contribution in [0.1, 0.15) is 47.8 Å². The van der Waals surface area contributed by atoms with Gasteiger partial charge in [0.25, 0.3) is 11.1 Å². The van der Waals surface area contributed by atoms with Crippen molar-refractivity contribution in [2.24, 2.45) is 0 Å². The Kier molecular flexibility index (Phi) is 6.92. The predicted octanol–water partition coefficient (Wildman–Crippen LogP) is 5.29. The van der Waals surface area contributed by atoms with E-state index in [2.05, 4.69) is 41.1 Å². The largest absolute Gasteiger partial charge is 0.372 e. The zero-order chi connectivity index (χ0) is 26.8. The lowest BCUT2D eigenvalue weighted by molar-refractivity contribution is 0.830. The molecule has 5 aromatic rings. The predicted molar refractivity (Wildman–Crippen MR) is 153 cm³/mol. The van der Waals surface area contributed by atoms with E-state index < -0.39 is 5.92 Å². The molecule has 0 radical (unpaired) electrons. The summed E-state index contributed by atoms with van der Waals surface area (Å²) in [7, 11) is 0. The lowest BCUT2D eigenvalue weighted by Crippen LogP contribution is -2.26. The SMILES string of the molecule is CCN(CC)c1cccc(C(c2c(C)[nH]n(-c3ccccc3)c2=O)c2c(C)[nH]n(-c3ccccc3)c2=O)c1. The van der Waals surface area contributed by atoms with E-state index in [1.165, 1.54) is 0 Å². The van der Waals surface area contributed by atoms with Gasteiger partial charge >= 0.3 is 0 Å². The van der Waals surface area contributed by atoms with E-state index in [0.717, 1.165) is 47.1 Å². The number of anilines is 1. The van der Waals surface area contributed by atoms with Gasteiger partial charge in [-0.05, 0) is 69.7 Å². The first-order chi connectivity index (χ1) is 18.4. The molecule has 0 unspecified atom stereocenters. The second-order valence-corrected chi connectivity index (χ2v) is 9.45. The zero-order valence-electron chi connectivity index (χ0n) is 22.2. The Morgan fingerprint density at radius 3 is 1.61 bits per heavy atom. The third-order valence-electron chi connectivity index (χ3n) is 7.17. The number of hydrogen-bond acceptors (Lipinski definition) is 3. The molecule has 194 valence electrons. The van der Waals surface area contributed by atoms with Gasteiger partial charge < -0.3 is 4.90 Å². The minimum atomic E-state index is -0.562. The number of benzene rings is 3. The van der Waals surface area contributed by atoms with Crippen LogP contribution in [0.25, 0.3) is 11.4 Å². The molecular formula is C31H33N5O2. The molecule has 0 aliphatic heterocycles. The van der Waals surface area contributed by atoms with Crippen molar-refractivity contribution in [3.63, 3.8) is 0 Å². The summed E-state index contributed by atoms with van der Waals surface area (Å²) in [5.74, 6) is -0.562. The van der Waals surface area contributed by atoms with Crippen LogP contribution in [0.4, 0.5) is 5.69 Å². The highest BCUT2D eigenvalue weighted by Gasteiger charge is 2.31. The van der Waals surface area contributed by atoms with Crippen LogP contribution >= 0.6 is 0 Å². The van der Waals surface area contributed by atoms with Crippen molar-refractivity contribution in [2.75, 3.05) is 18.0 Å². The van der Waals surface area contributed by atoms with Crippen molar-refractivity contribution in [1.82, 2.24) is 19.6 Å². The number of nitrogens with one attached hydrogen (secondary N) is 2. The molecule has 2 heterocycles. The van der Waals surface area contributed by atoms with Crippen LogP contribution in [0, 0.1) is 13.8 Å². The van der Waals surface area contributed by atoms with Gasteiger partial charge in [0.1, 0.15) is 0 Å². The minimum Gasteiger partial charge on any atom is -0.372 e. The first-order valence-corrected chi connectivity index (χ1v) is 13.0. The molecule has 5 rings (SSSR count). The third-order valence-corrected chi connectivity index (χ3v) is 7.17. The number of nitrogens with zero attached hydrogens (tertiary/aromatic N) is 3. The molecule has 0 fully saturated rings. The Hall–Kier alpha value is -4.52. The fourth-order valence-corrected chi connectivity index (χ4v) is 5.28. The van der Waals surface area contributed by atoms with Crippen LogP contribution in [-0.2, 0) is 0 Å². The number of aromatic amines is 2. The number of H-pyrrole nitrogens is 2. The number of para-hydroxylation sites is 2. The molecule has 0 saturated carbocycles. The van der Waals surface area contributed by atoms with E-state index in [0.29, 0.717) is 11.1 Å². The van der Waals surface area contributed by atoms with Crippen molar-refractivity contribution in [3.05, 3.63) is 134 Å². The summed E-state index contributed by atoms with van der Waals surface area (Å²) in [6, 6.07) is 27.2. The summed E-state index contributed by atoms with van der Waals surface area (Å²) in [6.07, 6.45) is 0. The second kappa shape index (κ2) is 10.5. The fourth-order valence-electron chi connectivity index (χ4n) is 5.28. The van der Waals surface area contributed by atoms with E-state index >= 15 is 0 Å². The van der Waals surface area contributed by atoms with E-state index in [1.807, 2.05) is 86.6 Å². The van der Waals surface area contributed by atoms with Gasteiger partial charge in [0.05, 0.1) is 22.5 Å². The topological polar surface area (TPSA) is 78.8 Å². The van der Waals surface area contributed by atoms with E-state index in [1.54, 1.807) is 9.36 Å². The summed E-state index contributed by atoms with van der Waals surface area (Å²) >= 11 is 0. The second-order valence-electron chi connectivity index (χ2n) is 9.45. The third kappa shape index (κ3) is 4.41. The van der Waals surface area contributed by atoms with Crippen molar-refractivity contribution in [3.8, 4) is 11.4 Å². The lowest BCUT2D eigenvalue weighted by atomic mass is 9.85. The summed E-state index contributed by atoms with van der Waals surface area (Å²) < 4.78 is 3.12. The standard InChI is InChI=1S/C31H33N5O2/c1-5-34(6-2)26-19-13-14-23(20-26)29(27-21(3)32-35(30(27)37)24-15-9-7-10-16-24)28-22(4)33-36(31(28)38)25-17-11-8-12-18-25/h7-20,29,32-33H,5-6H2,1-4H3. The zero-order valence-corrected chi connectivity index (χ0v) is 22.2. The van der Waals surface area contributed by atoms with Gasteiger partial charge in [-0.1, -0.05) is 48.5 Å². The minimum absolute atomic E-state index is 0.168. The van der Waals surface area contributed by atoms with Gasteiger partial charge in [-0.25, -0.2) is 9.36 Å². The van der Waals surface area contributed by atoms with Crippen molar-refractivity contribution in [2.45, 2.75) is 33.6 Å². The molecule has 0 aliphatic carbocycles. The smallest absolute Gasteiger partial charge is 0.275 e. The van der Waals surface area contributed by atoms with Crippen molar-refractivity contribution < 1.29 is 0 Å². The van der Waals surface area contributed by atoms with Crippen LogP contribution in [0.5, 0.6) is 0 Å². The maximum Gasteiger partial charge on any atom is 0.275 e. The number of hydrogen-bond donors (Lipinski definition) is 2. The fraction of sp³-hybridized carbons (Fsp3) is 0.226. The highest BCUT2D eigenvalue weighted by molar-refractivity contribution is 5.54.